The summed E-state index contributed by atoms with van der Waals surface area (Å²) >= 11 is 16.9. The molecule has 1 N–H and O–H groups in total. The molecular weight excluding hydrogens is 246 g/mol. The van der Waals surface area contributed by atoms with E-state index >= 15 is 0 Å². The summed E-state index contributed by atoms with van der Waals surface area (Å²) in [6, 6.07) is 0. The summed E-state index contributed by atoms with van der Waals surface area (Å²) in [5.74, 6) is 0.105. The van der Waals surface area contributed by atoms with E-state index in [1.165, 1.54) is 0 Å². The summed E-state index contributed by atoms with van der Waals surface area (Å²) in [7, 11) is 0. The smallest absolute Gasteiger partial charge is 0.254 e. The maximum Gasteiger partial charge on any atom is 0.254 e. The number of aryl methyl sites for hydroxylation is 1. The van der Waals surface area contributed by atoms with Crippen molar-refractivity contribution in [3.8, 4) is 0 Å². The zero-order chi connectivity index (χ0) is 10.3. The van der Waals surface area contributed by atoms with E-state index < -0.39 is 3.79 Å². The Morgan fingerprint density at radius 3 is 2.64 bits per heavy atom. The summed E-state index contributed by atoms with van der Waals surface area (Å²) < 4.78 is -1.66. The molecular formula is C8H7Cl3N2O. The van der Waals surface area contributed by atoms with Crippen LogP contribution in [0.5, 0.6) is 0 Å². The van der Waals surface area contributed by atoms with Gasteiger partial charge in [0.2, 0.25) is 3.79 Å². The van der Waals surface area contributed by atoms with Crippen LogP contribution in [0, 0.1) is 0 Å². The summed E-state index contributed by atoms with van der Waals surface area (Å²) in [5, 5.41) is 0. The molecule has 14 heavy (non-hydrogen) atoms. The maximum atomic E-state index is 11.5. The molecule has 0 bridgehead atoms. The van der Waals surface area contributed by atoms with E-state index in [1.807, 2.05) is 0 Å². The lowest BCUT2D eigenvalue weighted by Crippen LogP contribution is -2.20. The average Bonchev–Trinajstić information content (AvgIpc) is 2.50. The first kappa shape index (κ1) is 10.3. The van der Waals surface area contributed by atoms with Gasteiger partial charge in [-0.1, -0.05) is 34.8 Å². The molecule has 6 heteroatoms. The number of aromatic nitrogens is 2. The lowest BCUT2D eigenvalue weighted by molar-refractivity contribution is 0.882. The monoisotopic (exact) mass is 252 g/mol. The number of H-pyrrole nitrogens is 1. The van der Waals surface area contributed by atoms with E-state index in [0.29, 0.717) is 0 Å². The fraction of sp³-hybridized carbons (Fsp3) is 0.500. The van der Waals surface area contributed by atoms with Crippen LogP contribution in [0.4, 0.5) is 0 Å². The number of halogens is 3. The molecule has 0 spiro atoms. The van der Waals surface area contributed by atoms with Crippen LogP contribution in [0.25, 0.3) is 0 Å². The minimum Gasteiger partial charge on any atom is -0.307 e. The number of alkyl halides is 3. The number of hydrogen-bond acceptors (Lipinski definition) is 2. The third-order valence-electron chi connectivity index (χ3n) is 2.21. The highest BCUT2D eigenvalue weighted by Crippen LogP contribution is 2.35. The van der Waals surface area contributed by atoms with Crippen LogP contribution in [0.1, 0.15) is 23.5 Å². The van der Waals surface area contributed by atoms with Crippen molar-refractivity contribution < 1.29 is 0 Å². The van der Waals surface area contributed by atoms with Gasteiger partial charge >= 0.3 is 0 Å². The Morgan fingerprint density at radius 1 is 1.29 bits per heavy atom. The van der Waals surface area contributed by atoms with Gasteiger partial charge in [-0.15, -0.1) is 0 Å². The zero-order valence-electron chi connectivity index (χ0n) is 7.11. The molecule has 0 unspecified atom stereocenters. The standard InChI is InChI=1S/C8H7Cl3N2O/c9-8(10,11)7-12-5-3-1-2-4(5)6(14)13-7/h1-3H2,(H,12,13,14). The average molecular weight is 254 g/mol. The van der Waals surface area contributed by atoms with Crippen LogP contribution in [-0.4, -0.2) is 9.97 Å². The molecule has 1 aliphatic carbocycles. The van der Waals surface area contributed by atoms with Gasteiger partial charge in [0.1, 0.15) is 0 Å². The van der Waals surface area contributed by atoms with Crippen molar-refractivity contribution >= 4 is 34.8 Å². The first-order valence-electron chi connectivity index (χ1n) is 4.18. The molecule has 0 saturated carbocycles. The first-order valence-corrected chi connectivity index (χ1v) is 5.31. The molecule has 0 amide bonds. The quantitative estimate of drug-likeness (QED) is 0.720. The molecule has 0 fully saturated rings. The van der Waals surface area contributed by atoms with E-state index in [4.69, 9.17) is 34.8 Å². The van der Waals surface area contributed by atoms with Crippen LogP contribution in [0.3, 0.4) is 0 Å². The molecule has 0 radical (unpaired) electrons. The van der Waals surface area contributed by atoms with Crippen molar-refractivity contribution in [1.29, 1.82) is 0 Å². The molecule has 3 nitrogen and oxygen atoms in total. The van der Waals surface area contributed by atoms with Crippen molar-refractivity contribution in [3.05, 3.63) is 27.4 Å². The number of aromatic amines is 1. The molecule has 76 valence electrons. The number of nitrogens with zero attached hydrogens (tertiary/aromatic N) is 1. The fourth-order valence-corrected chi connectivity index (χ4v) is 1.84. The van der Waals surface area contributed by atoms with Crippen LogP contribution < -0.4 is 5.56 Å². The highest BCUT2D eigenvalue weighted by molar-refractivity contribution is 6.66. The van der Waals surface area contributed by atoms with E-state index in [-0.39, 0.29) is 11.4 Å². The van der Waals surface area contributed by atoms with Gasteiger partial charge in [0.25, 0.3) is 5.56 Å². The second kappa shape index (κ2) is 3.40. The number of fused-ring (bicyclic) bond motifs is 1. The zero-order valence-corrected chi connectivity index (χ0v) is 9.38. The van der Waals surface area contributed by atoms with Gasteiger partial charge in [-0.3, -0.25) is 4.79 Å². The van der Waals surface area contributed by atoms with Gasteiger partial charge in [0.05, 0.1) is 5.69 Å². The number of hydrogen-bond donors (Lipinski definition) is 1. The van der Waals surface area contributed by atoms with Gasteiger partial charge in [-0.05, 0) is 19.3 Å². The Bertz CT molecular complexity index is 422. The molecule has 0 aliphatic heterocycles. The fourth-order valence-electron chi connectivity index (χ4n) is 1.58. The van der Waals surface area contributed by atoms with Gasteiger partial charge in [0.15, 0.2) is 5.82 Å². The van der Waals surface area contributed by atoms with Crippen molar-refractivity contribution in [2.75, 3.05) is 0 Å². The summed E-state index contributed by atoms with van der Waals surface area (Å²) in [6.45, 7) is 0. The Labute approximate surface area is 95.4 Å². The molecule has 0 atom stereocenters. The summed E-state index contributed by atoms with van der Waals surface area (Å²) in [6.07, 6.45) is 2.49. The van der Waals surface area contributed by atoms with Gasteiger partial charge < -0.3 is 4.98 Å². The van der Waals surface area contributed by atoms with E-state index in [1.54, 1.807) is 0 Å². The largest absolute Gasteiger partial charge is 0.307 e. The predicted molar refractivity (Wildman–Crippen MR) is 56.1 cm³/mol. The SMILES string of the molecule is O=c1[nH]c(C(Cl)(Cl)Cl)nc2c1CCC2. The normalized spacial score (nSPS) is 15.6. The second-order valence-corrected chi connectivity index (χ2v) is 5.47. The molecule has 0 saturated heterocycles. The van der Waals surface area contributed by atoms with Crippen molar-refractivity contribution in [3.63, 3.8) is 0 Å². The summed E-state index contributed by atoms with van der Waals surface area (Å²) in [4.78, 5) is 18.1. The predicted octanol–water partition coefficient (Wildman–Crippen LogP) is 2.09. The Morgan fingerprint density at radius 2 is 2.00 bits per heavy atom. The van der Waals surface area contributed by atoms with Crippen LogP contribution in [0.15, 0.2) is 4.79 Å². The topological polar surface area (TPSA) is 45.8 Å². The third kappa shape index (κ3) is 1.76. The number of rotatable bonds is 0. The van der Waals surface area contributed by atoms with Crippen molar-refractivity contribution in [2.24, 2.45) is 0 Å². The molecule has 1 aromatic rings. The lowest BCUT2D eigenvalue weighted by atomic mass is 10.2. The second-order valence-electron chi connectivity index (χ2n) is 3.19. The number of nitrogens with one attached hydrogen (secondary N) is 1. The Hall–Kier alpha value is -0.250. The first-order chi connectivity index (χ1) is 6.48. The van der Waals surface area contributed by atoms with Crippen molar-refractivity contribution in [1.82, 2.24) is 9.97 Å². The Balaban J connectivity index is 2.58. The minimum absolute atomic E-state index is 0.105. The summed E-state index contributed by atoms with van der Waals surface area (Å²) in [5.41, 5.74) is 1.30. The highest BCUT2D eigenvalue weighted by Gasteiger charge is 2.28. The maximum absolute atomic E-state index is 11.5. The lowest BCUT2D eigenvalue weighted by Gasteiger charge is -2.10. The molecule has 2 rings (SSSR count). The van der Waals surface area contributed by atoms with Crippen LogP contribution in [0.2, 0.25) is 0 Å². The van der Waals surface area contributed by atoms with Gasteiger partial charge in [-0.25, -0.2) is 4.98 Å². The molecule has 0 aromatic carbocycles. The van der Waals surface area contributed by atoms with E-state index in [0.717, 1.165) is 30.5 Å². The van der Waals surface area contributed by atoms with Crippen LogP contribution >= 0.6 is 34.8 Å². The van der Waals surface area contributed by atoms with Gasteiger partial charge in [-0.2, -0.15) is 0 Å². The molecule has 1 heterocycles. The van der Waals surface area contributed by atoms with Crippen molar-refractivity contribution in [2.45, 2.75) is 23.1 Å². The molecule has 1 aliphatic rings. The van der Waals surface area contributed by atoms with E-state index in [9.17, 15) is 4.79 Å². The van der Waals surface area contributed by atoms with E-state index in [2.05, 4.69) is 9.97 Å². The minimum atomic E-state index is -1.66. The highest BCUT2D eigenvalue weighted by atomic mass is 35.6. The van der Waals surface area contributed by atoms with Gasteiger partial charge in [0, 0.05) is 5.56 Å². The Kier molecular flexibility index (Phi) is 2.50. The van der Waals surface area contributed by atoms with Crippen LogP contribution in [-0.2, 0) is 16.6 Å². The third-order valence-corrected chi connectivity index (χ3v) is 2.75. The molecule has 1 aromatic heterocycles.